The zero-order valence-corrected chi connectivity index (χ0v) is 22.8. The van der Waals surface area contributed by atoms with Crippen molar-refractivity contribution in [2.75, 3.05) is 6.54 Å². The van der Waals surface area contributed by atoms with Crippen LogP contribution in [0, 0.1) is 20.8 Å². The van der Waals surface area contributed by atoms with Crippen LogP contribution in [0.2, 0.25) is 0 Å². The summed E-state index contributed by atoms with van der Waals surface area (Å²) in [6.45, 7) is 6.03. The van der Waals surface area contributed by atoms with Crippen molar-refractivity contribution < 1.29 is 18.3 Å². The molecule has 4 aromatic carbocycles. The second kappa shape index (κ2) is 11.2. The van der Waals surface area contributed by atoms with Gasteiger partial charge in [0.2, 0.25) is 0 Å². The number of ether oxygens (including phenoxy) is 1. The maximum absolute atomic E-state index is 12.5. The summed E-state index contributed by atoms with van der Waals surface area (Å²) in [5.41, 5.74) is 7.06. The first-order valence-electron chi connectivity index (χ1n) is 12.6. The van der Waals surface area contributed by atoms with Gasteiger partial charge in [0.15, 0.2) is 0 Å². The fourth-order valence-corrected chi connectivity index (χ4v) is 5.09. The minimum Gasteiger partial charge on any atom is -0.410 e. The SMILES string of the molecule is Cc1ccc(OC(=O)N(CCc2ccc(-n3nc(C)c(-c4ccc5ccccc5c4)c3C)cc2)S(=O)O)cc1. The molecule has 1 aromatic heterocycles. The Kier molecular flexibility index (Phi) is 7.58. The summed E-state index contributed by atoms with van der Waals surface area (Å²) < 4.78 is 29.5. The second-order valence-corrected chi connectivity index (χ2v) is 10.4. The van der Waals surface area contributed by atoms with Crippen LogP contribution < -0.4 is 4.74 Å². The van der Waals surface area contributed by atoms with E-state index in [0.29, 0.717) is 12.2 Å². The Morgan fingerprint density at radius 3 is 2.31 bits per heavy atom. The van der Waals surface area contributed by atoms with Crippen LogP contribution in [-0.4, -0.2) is 35.5 Å². The Labute approximate surface area is 230 Å². The van der Waals surface area contributed by atoms with Gasteiger partial charge in [0, 0.05) is 17.8 Å². The van der Waals surface area contributed by atoms with E-state index < -0.39 is 17.4 Å². The van der Waals surface area contributed by atoms with Crippen molar-refractivity contribution in [3.63, 3.8) is 0 Å². The monoisotopic (exact) mass is 539 g/mol. The lowest BCUT2D eigenvalue weighted by molar-refractivity contribution is 0.178. The van der Waals surface area contributed by atoms with Crippen molar-refractivity contribution in [1.29, 1.82) is 0 Å². The largest absolute Gasteiger partial charge is 0.428 e. The van der Waals surface area contributed by atoms with Gasteiger partial charge in [-0.05, 0) is 79.4 Å². The summed E-state index contributed by atoms with van der Waals surface area (Å²) in [4.78, 5) is 12.5. The number of hydrogen-bond donors (Lipinski definition) is 1. The van der Waals surface area contributed by atoms with Crippen LogP contribution in [0.1, 0.15) is 22.5 Å². The number of nitrogens with zero attached hydrogens (tertiary/aromatic N) is 3. The van der Waals surface area contributed by atoms with Crippen molar-refractivity contribution in [2.45, 2.75) is 27.2 Å². The second-order valence-electron chi connectivity index (χ2n) is 9.45. The van der Waals surface area contributed by atoms with Gasteiger partial charge in [0.25, 0.3) is 11.3 Å². The lowest BCUT2D eigenvalue weighted by Gasteiger charge is -2.17. The first-order chi connectivity index (χ1) is 18.8. The van der Waals surface area contributed by atoms with Crippen LogP contribution in [0.4, 0.5) is 4.79 Å². The van der Waals surface area contributed by atoms with Gasteiger partial charge in [-0.3, -0.25) is 4.55 Å². The number of rotatable bonds is 7. The van der Waals surface area contributed by atoms with Crippen molar-refractivity contribution in [1.82, 2.24) is 14.1 Å². The highest BCUT2D eigenvalue weighted by Gasteiger charge is 2.21. The minimum absolute atomic E-state index is 0.0270. The average Bonchev–Trinajstić information content (AvgIpc) is 3.23. The smallest absolute Gasteiger partial charge is 0.410 e. The molecule has 1 unspecified atom stereocenters. The highest BCUT2D eigenvalue weighted by Crippen LogP contribution is 2.31. The van der Waals surface area contributed by atoms with Crippen LogP contribution in [0.15, 0.2) is 91.0 Å². The van der Waals surface area contributed by atoms with Gasteiger partial charge < -0.3 is 4.74 Å². The van der Waals surface area contributed by atoms with Gasteiger partial charge in [-0.2, -0.15) is 5.10 Å². The van der Waals surface area contributed by atoms with Gasteiger partial charge in [0.1, 0.15) is 5.75 Å². The number of aryl methyl sites for hydroxylation is 2. The molecule has 198 valence electrons. The standard InChI is InChI=1S/C31H29N3O4S/c1-21-8-16-29(17-9-21)38-31(35)33(39(36)37)19-18-24-10-14-28(15-11-24)34-23(3)30(22(2)32-34)27-13-12-25-6-4-5-7-26(25)20-27/h4-17,20H,18-19H2,1-3H3,(H,36,37). The molecule has 1 heterocycles. The maximum atomic E-state index is 12.5. The van der Waals surface area contributed by atoms with E-state index in [4.69, 9.17) is 9.84 Å². The Hall–Kier alpha value is -4.27. The van der Waals surface area contributed by atoms with Gasteiger partial charge in [-0.15, -0.1) is 0 Å². The topological polar surface area (TPSA) is 84.7 Å². The van der Waals surface area contributed by atoms with Gasteiger partial charge in [0.05, 0.1) is 11.4 Å². The van der Waals surface area contributed by atoms with E-state index >= 15 is 0 Å². The molecule has 0 saturated carbocycles. The van der Waals surface area contributed by atoms with Crippen molar-refractivity contribution in [3.05, 3.63) is 114 Å². The fraction of sp³-hybridized carbons (Fsp3) is 0.161. The average molecular weight is 540 g/mol. The van der Waals surface area contributed by atoms with Crippen LogP contribution in [0.3, 0.4) is 0 Å². The molecule has 0 bridgehead atoms. The molecule has 1 amide bonds. The third-order valence-corrected chi connectivity index (χ3v) is 7.44. The van der Waals surface area contributed by atoms with Crippen LogP contribution in [0.25, 0.3) is 27.6 Å². The molecule has 0 radical (unpaired) electrons. The first kappa shape index (κ1) is 26.3. The highest BCUT2D eigenvalue weighted by atomic mass is 32.2. The lowest BCUT2D eigenvalue weighted by atomic mass is 10.00. The molecule has 5 aromatic rings. The van der Waals surface area contributed by atoms with E-state index in [2.05, 4.69) is 37.3 Å². The molecule has 0 aliphatic rings. The van der Waals surface area contributed by atoms with E-state index in [0.717, 1.165) is 43.6 Å². The molecule has 39 heavy (non-hydrogen) atoms. The molecule has 7 nitrogen and oxygen atoms in total. The number of amides is 1. The maximum Gasteiger partial charge on any atom is 0.428 e. The molecule has 8 heteroatoms. The summed E-state index contributed by atoms with van der Waals surface area (Å²) in [6.07, 6.45) is -0.491. The molecular formula is C31H29N3O4S. The third-order valence-electron chi connectivity index (χ3n) is 6.73. The number of hydrogen-bond acceptors (Lipinski definition) is 4. The van der Waals surface area contributed by atoms with Crippen molar-refractivity contribution in [3.8, 4) is 22.6 Å². The lowest BCUT2D eigenvalue weighted by Crippen LogP contribution is -2.36. The molecule has 0 aliphatic carbocycles. The normalized spacial score (nSPS) is 11.9. The van der Waals surface area contributed by atoms with E-state index in [9.17, 15) is 13.6 Å². The molecule has 0 aliphatic heterocycles. The summed E-state index contributed by atoms with van der Waals surface area (Å²) in [5.74, 6) is 0.318. The predicted molar refractivity (Wildman–Crippen MR) is 154 cm³/mol. The number of carbonyl (C=O) groups excluding carboxylic acids is 1. The van der Waals surface area contributed by atoms with Gasteiger partial charge in [-0.1, -0.05) is 66.2 Å². The Bertz CT molecular complexity index is 1660. The summed E-state index contributed by atoms with van der Waals surface area (Å²) in [6, 6.07) is 29.5. The number of aromatic nitrogens is 2. The molecule has 0 fully saturated rings. The highest BCUT2D eigenvalue weighted by molar-refractivity contribution is 7.77. The first-order valence-corrected chi connectivity index (χ1v) is 13.7. The Balaban J connectivity index is 1.30. The zero-order valence-electron chi connectivity index (χ0n) is 22.0. The molecule has 0 spiro atoms. The van der Waals surface area contributed by atoms with Gasteiger partial charge >= 0.3 is 6.09 Å². The number of fused-ring (bicyclic) bond motifs is 1. The molecule has 1 N–H and O–H groups in total. The van der Waals surface area contributed by atoms with Crippen molar-refractivity contribution >= 4 is 28.1 Å². The van der Waals surface area contributed by atoms with E-state index in [-0.39, 0.29) is 6.54 Å². The summed E-state index contributed by atoms with van der Waals surface area (Å²) in [5, 5.41) is 7.19. The van der Waals surface area contributed by atoms with Crippen molar-refractivity contribution in [2.24, 2.45) is 0 Å². The Morgan fingerprint density at radius 1 is 0.923 bits per heavy atom. The Morgan fingerprint density at radius 2 is 1.62 bits per heavy atom. The fourth-order valence-electron chi connectivity index (χ4n) is 4.68. The van der Waals surface area contributed by atoms with Crippen LogP contribution in [0.5, 0.6) is 5.75 Å². The zero-order chi connectivity index (χ0) is 27.5. The molecular weight excluding hydrogens is 510 g/mol. The summed E-state index contributed by atoms with van der Waals surface area (Å²) in [7, 11) is 0. The van der Waals surface area contributed by atoms with Gasteiger partial charge in [-0.25, -0.2) is 18.0 Å². The van der Waals surface area contributed by atoms with E-state index in [1.165, 1.54) is 10.8 Å². The number of benzene rings is 4. The third kappa shape index (κ3) is 5.77. The van der Waals surface area contributed by atoms with Crippen LogP contribution in [-0.2, 0) is 17.7 Å². The van der Waals surface area contributed by atoms with E-state index in [1.807, 2.05) is 54.9 Å². The minimum atomic E-state index is -2.50. The molecule has 0 saturated heterocycles. The summed E-state index contributed by atoms with van der Waals surface area (Å²) >= 11 is -2.50. The quantitative estimate of drug-likeness (QED) is 0.230. The molecule has 1 atom stereocenters. The van der Waals surface area contributed by atoms with E-state index in [1.54, 1.807) is 24.3 Å². The number of carbonyl (C=O) groups is 1. The van der Waals surface area contributed by atoms with Crippen LogP contribution >= 0.6 is 0 Å². The predicted octanol–water partition coefficient (Wildman–Crippen LogP) is 6.80. The molecule has 5 rings (SSSR count).